The number of non-ortho nitro benzene ring substituents is 1. The van der Waals surface area contributed by atoms with Crippen molar-refractivity contribution in [1.82, 2.24) is 10.2 Å². The van der Waals surface area contributed by atoms with Crippen LogP contribution in [0.3, 0.4) is 0 Å². The molecule has 0 radical (unpaired) electrons. The highest BCUT2D eigenvalue weighted by Crippen LogP contribution is 2.24. The van der Waals surface area contributed by atoms with Crippen LogP contribution < -0.4 is 5.32 Å². The van der Waals surface area contributed by atoms with Gasteiger partial charge in [0.25, 0.3) is 11.6 Å². The molecule has 6 nitrogen and oxygen atoms in total. The highest BCUT2D eigenvalue weighted by molar-refractivity contribution is 6.33. The number of amides is 1. The first-order chi connectivity index (χ1) is 9.00. The minimum atomic E-state index is -0.533. The number of piperazine rings is 1. The van der Waals surface area contributed by atoms with Gasteiger partial charge in [-0.3, -0.25) is 14.9 Å². The Labute approximate surface area is 115 Å². The molecule has 2 rings (SSSR count). The zero-order valence-electron chi connectivity index (χ0n) is 10.4. The molecule has 1 atom stereocenters. The van der Waals surface area contributed by atoms with Gasteiger partial charge >= 0.3 is 0 Å². The number of carbonyl (C=O) groups is 1. The summed E-state index contributed by atoms with van der Waals surface area (Å²) < 4.78 is 0. The van der Waals surface area contributed by atoms with Gasteiger partial charge in [-0.2, -0.15) is 0 Å². The average molecular weight is 284 g/mol. The van der Waals surface area contributed by atoms with Crippen molar-refractivity contribution in [2.24, 2.45) is 0 Å². The molecule has 102 valence electrons. The van der Waals surface area contributed by atoms with Gasteiger partial charge in [0.15, 0.2) is 0 Å². The van der Waals surface area contributed by atoms with Gasteiger partial charge in [-0.05, 0) is 13.0 Å². The molecule has 1 saturated heterocycles. The van der Waals surface area contributed by atoms with Gasteiger partial charge in [0.1, 0.15) is 0 Å². The number of nitrogens with one attached hydrogen (secondary N) is 1. The molecular weight excluding hydrogens is 270 g/mol. The third-order valence-electron chi connectivity index (χ3n) is 3.15. The quantitative estimate of drug-likeness (QED) is 0.662. The summed E-state index contributed by atoms with van der Waals surface area (Å²) in [5.41, 5.74) is 0.0557. The van der Waals surface area contributed by atoms with Crippen molar-refractivity contribution in [3.63, 3.8) is 0 Å². The third-order valence-corrected chi connectivity index (χ3v) is 3.48. The standard InChI is InChI=1S/C12H14ClN3O3/c1-8-7-14-4-5-15(8)12(17)10-6-9(16(18)19)2-3-11(10)13/h2-3,6,8,14H,4-5,7H2,1H3/t8-/m1/s1. The first-order valence-corrected chi connectivity index (χ1v) is 6.34. The van der Waals surface area contributed by atoms with Crippen molar-refractivity contribution in [3.8, 4) is 0 Å². The number of nitro groups is 1. The van der Waals surface area contributed by atoms with Crippen molar-refractivity contribution in [2.45, 2.75) is 13.0 Å². The van der Waals surface area contributed by atoms with Gasteiger partial charge < -0.3 is 10.2 Å². The molecular formula is C12H14ClN3O3. The SMILES string of the molecule is C[C@@H]1CNCCN1C(=O)c1cc([N+](=O)[O-])ccc1Cl. The molecule has 0 spiro atoms. The van der Waals surface area contributed by atoms with Gasteiger partial charge in [0, 0.05) is 37.8 Å². The van der Waals surface area contributed by atoms with E-state index >= 15 is 0 Å². The molecule has 0 unspecified atom stereocenters. The second-order valence-corrected chi connectivity index (χ2v) is 4.88. The minimum absolute atomic E-state index is 0.0385. The molecule has 19 heavy (non-hydrogen) atoms. The van der Waals surface area contributed by atoms with Crippen LogP contribution in [-0.2, 0) is 0 Å². The number of halogens is 1. The fourth-order valence-electron chi connectivity index (χ4n) is 2.09. The molecule has 1 N–H and O–H groups in total. The lowest BCUT2D eigenvalue weighted by Gasteiger charge is -2.34. The Morgan fingerprint density at radius 2 is 2.32 bits per heavy atom. The number of hydrogen-bond donors (Lipinski definition) is 1. The summed E-state index contributed by atoms with van der Waals surface area (Å²) in [7, 11) is 0. The van der Waals surface area contributed by atoms with E-state index in [0.717, 1.165) is 0 Å². The maximum Gasteiger partial charge on any atom is 0.270 e. The van der Waals surface area contributed by atoms with Crippen molar-refractivity contribution in [3.05, 3.63) is 38.9 Å². The normalized spacial score (nSPS) is 19.3. The Kier molecular flexibility index (Phi) is 4.01. The van der Waals surface area contributed by atoms with Crippen LogP contribution in [0.5, 0.6) is 0 Å². The van der Waals surface area contributed by atoms with Crippen molar-refractivity contribution < 1.29 is 9.72 Å². The zero-order chi connectivity index (χ0) is 14.0. The largest absolute Gasteiger partial charge is 0.333 e. The van der Waals surface area contributed by atoms with Crippen LogP contribution in [0.2, 0.25) is 5.02 Å². The van der Waals surface area contributed by atoms with Gasteiger partial charge in [-0.15, -0.1) is 0 Å². The van der Waals surface area contributed by atoms with Crippen molar-refractivity contribution >= 4 is 23.2 Å². The monoisotopic (exact) mass is 283 g/mol. The van der Waals surface area contributed by atoms with Gasteiger partial charge in [-0.1, -0.05) is 11.6 Å². The summed E-state index contributed by atoms with van der Waals surface area (Å²) >= 11 is 5.98. The third kappa shape index (κ3) is 2.85. The number of nitro benzene ring substituents is 1. The summed E-state index contributed by atoms with van der Waals surface area (Å²) in [6.07, 6.45) is 0. The van der Waals surface area contributed by atoms with Crippen LogP contribution in [0.4, 0.5) is 5.69 Å². The molecule has 7 heteroatoms. The van der Waals surface area contributed by atoms with E-state index < -0.39 is 4.92 Å². The van der Waals surface area contributed by atoms with E-state index in [1.165, 1.54) is 18.2 Å². The Bertz CT molecular complexity index is 521. The predicted molar refractivity (Wildman–Crippen MR) is 71.5 cm³/mol. The predicted octanol–water partition coefficient (Wildman–Crippen LogP) is 1.68. The molecule has 1 heterocycles. The van der Waals surface area contributed by atoms with E-state index in [2.05, 4.69) is 5.32 Å². The van der Waals surface area contributed by atoms with Crippen LogP contribution in [0, 0.1) is 10.1 Å². The Morgan fingerprint density at radius 3 is 2.95 bits per heavy atom. The first kappa shape index (κ1) is 13.8. The molecule has 1 aliphatic heterocycles. The summed E-state index contributed by atoms with van der Waals surface area (Å²) in [5.74, 6) is -0.261. The highest BCUT2D eigenvalue weighted by Gasteiger charge is 2.26. The smallest absolute Gasteiger partial charge is 0.270 e. The van der Waals surface area contributed by atoms with E-state index in [1.54, 1.807) is 4.90 Å². The molecule has 0 bridgehead atoms. The summed E-state index contributed by atoms with van der Waals surface area (Å²) in [6, 6.07) is 3.95. The fraction of sp³-hybridized carbons (Fsp3) is 0.417. The lowest BCUT2D eigenvalue weighted by Crippen LogP contribution is -2.52. The highest BCUT2D eigenvalue weighted by atomic mass is 35.5. The topological polar surface area (TPSA) is 75.5 Å². The lowest BCUT2D eigenvalue weighted by atomic mass is 10.1. The second kappa shape index (κ2) is 5.54. The molecule has 0 aromatic heterocycles. The lowest BCUT2D eigenvalue weighted by molar-refractivity contribution is -0.384. The Hall–Kier alpha value is -1.66. The number of benzene rings is 1. The summed E-state index contributed by atoms with van der Waals surface area (Å²) in [5, 5.41) is 14.2. The van der Waals surface area contributed by atoms with Gasteiger partial charge in [0.2, 0.25) is 0 Å². The van der Waals surface area contributed by atoms with Crippen LogP contribution in [0.25, 0.3) is 0 Å². The minimum Gasteiger partial charge on any atom is -0.333 e. The molecule has 1 aromatic rings. The van der Waals surface area contributed by atoms with E-state index in [-0.39, 0.29) is 28.2 Å². The van der Waals surface area contributed by atoms with E-state index in [4.69, 9.17) is 11.6 Å². The Morgan fingerprint density at radius 1 is 1.58 bits per heavy atom. The van der Waals surface area contributed by atoms with Crippen LogP contribution >= 0.6 is 11.6 Å². The summed E-state index contributed by atoms with van der Waals surface area (Å²) in [4.78, 5) is 24.3. The van der Waals surface area contributed by atoms with E-state index in [9.17, 15) is 14.9 Å². The maximum absolute atomic E-state index is 12.4. The van der Waals surface area contributed by atoms with Gasteiger partial charge in [0.05, 0.1) is 15.5 Å². The number of carbonyl (C=O) groups excluding carboxylic acids is 1. The molecule has 0 aliphatic carbocycles. The molecule has 1 amide bonds. The number of nitrogens with zero attached hydrogens (tertiary/aromatic N) is 2. The number of rotatable bonds is 2. The fourth-order valence-corrected chi connectivity index (χ4v) is 2.29. The summed E-state index contributed by atoms with van der Waals surface area (Å²) in [6.45, 7) is 3.91. The number of hydrogen-bond acceptors (Lipinski definition) is 4. The van der Waals surface area contributed by atoms with Crippen LogP contribution in [0.1, 0.15) is 17.3 Å². The van der Waals surface area contributed by atoms with E-state index in [1.807, 2.05) is 6.92 Å². The average Bonchev–Trinajstić information content (AvgIpc) is 2.38. The maximum atomic E-state index is 12.4. The zero-order valence-corrected chi connectivity index (χ0v) is 11.2. The molecule has 1 aliphatic rings. The second-order valence-electron chi connectivity index (χ2n) is 4.47. The molecule has 1 fully saturated rings. The van der Waals surface area contributed by atoms with Gasteiger partial charge in [-0.25, -0.2) is 0 Å². The van der Waals surface area contributed by atoms with E-state index in [0.29, 0.717) is 19.6 Å². The first-order valence-electron chi connectivity index (χ1n) is 5.96. The van der Waals surface area contributed by atoms with Crippen LogP contribution in [0.15, 0.2) is 18.2 Å². The molecule has 1 aromatic carbocycles. The van der Waals surface area contributed by atoms with Crippen molar-refractivity contribution in [2.75, 3.05) is 19.6 Å². The Balaban J connectivity index is 2.32. The van der Waals surface area contributed by atoms with Crippen LogP contribution in [-0.4, -0.2) is 41.4 Å². The van der Waals surface area contributed by atoms with Crippen molar-refractivity contribution in [1.29, 1.82) is 0 Å². The molecule has 0 saturated carbocycles.